The topological polar surface area (TPSA) is 64.7 Å². The third kappa shape index (κ3) is 3.65. The molecule has 0 saturated heterocycles. The third-order valence-corrected chi connectivity index (χ3v) is 5.71. The fourth-order valence-electron chi connectivity index (χ4n) is 3.81. The molecule has 1 aliphatic carbocycles. The highest BCUT2D eigenvalue weighted by molar-refractivity contribution is 9.10. The van der Waals surface area contributed by atoms with Crippen LogP contribution >= 0.6 is 15.9 Å². The molecule has 1 saturated carbocycles. The smallest absolute Gasteiger partial charge is 0.330 e. The average molecular weight is 430 g/mol. The zero-order chi connectivity index (χ0) is 18.8. The summed E-state index contributed by atoms with van der Waals surface area (Å²) in [5, 5.41) is 3.23. The molecule has 27 heavy (non-hydrogen) atoms. The Labute approximate surface area is 166 Å². The standard InChI is InChI=1S/C20H24BrN5O/c1-2-11-22-19-23-12-17-18(24-19)25(13-14-7-9-15(21)10-8-14)20(27)26(17)16-5-3-4-6-16/h7-10,12,16H,2-6,11,13H2,1H3,(H,22,23,24). The van der Waals surface area contributed by atoms with E-state index in [1.54, 1.807) is 10.8 Å². The second-order valence-corrected chi connectivity index (χ2v) is 8.05. The molecule has 1 aliphatic rings. The molecule has 142 valence electrons. The van der Waals surface area contributed by atoms with Gasteiger partial charge in [0.05, 0.1) is 12.7 Å². The van der Waals surface area contributed by atoms with Crippen LogP contribution in [0.5, 0.6) is 0 Å². The van der Waals surface area contributed by atoms with Crippen molar-refractivity contribution < 1.29 is 0 Å². The van der Waals surface area contributed by atoms with Gasteiger partial charge in [0.1, 0.15) is 5.52 Å². The summed E-state index contributed by atoms with van der Waals surface area (Å²) in [5.41, 5.74) is 2.64. The van der Waals surface area contributed by atoms with E-state index < -0.39 is 0 Å². The van der Waals surface area contributed by atoms with Crippen LogP contribution in [0.25, 0.3) is 11.2 Å². The Morgan fingerprint density at radius 3 is 2.67 bits per heavy atom. The Morgan fingerprint density at radius 2 is 1.96 bits per heavy atom. The van der Waals surface area contributed by atoms with Crippen LogP contribution in [0.2, 0.25) is 0 Å². The van der Waals surface area contributed by atoms with Crippen LogP contribution in [0.3, 0.4) is 0 Å². The molecule has 0 radical (unpaired) electrons. The minimum Gasteiger partial charge on any atom is -0.354 e. The van der Waals surface area contributed by atoms with Crippen molar-refractivity contribution in [3.05, 3.63) is 51.0 Å². The number of hydrogen-bond donors (Lipinski definition) is 1. The zero-order valence-electron chi connectivity index (χ0n) is 15.5. The molecule has 0 unspecified atom stereocenters. The summed E-state index contributed by atoms with van der Waals surface area (Å²) in [5.74, 6) is 0.581. The van der Waals surface area contributed by atoms with Crippen LogP contribution in [-0.2, 0) is 6.54 Å². The lowest BCUT2D eigenvalue weighted by atomic mass is 10.2. The second kappa shape index (κ2) is 7.84. The number of rotatable bonds is 6. The molecular weight excluding hydrogens is 406 g/mol. The molecule has 2 heterocycles. The van der Waals surface area contributed by atoms with Gasteiger partial charge >= 0.3 is 5.69 Å². The first-order valence-electron chi connectivity index (χ1n) is 9.63. The van der Waals surface area contributed by atoms with E-state index in [4.69, 9.17) is 0 Å². The van der Waals surface area contributed by atoms with Crippen molar-refractivity contribution in [3.63, 3.8) is 0 Å². The molecule has 7 heteroatoms. The highest BCUT2D eigenvalue weighted by Crippen LogP contribution is 2.31. The Balaban J connectivity index is 1.82. The van der Waals surface area contributed by atoms with Crippen molar-refractivity contribution in [1.29, 1.82) is 0 Å². The Morgan fingerprint density at radius 1 is 1.22 bits per heavy atom. The van der Waals surface area contributed by atoms with Crippen molar-refractivity contribution in [3.8, 4) is 0 Å². The van der Waals surface area contributed by atoms with Gasteiger partial charge < -0.3 is 5.32 Å². The van der Waals surface area contributed by atoms with E-state index in [1.165, 1.54) is 12.8 Å². The summed E-state index contributed by atoms with van der Waals surface area (Å²) in [6, 6.07) is 8.32. The molecule has 0 atom stereocenters. The fourth-order valence-corrected chi connectivity index (χ4v) is 4.08. The van der Waals surface area contributed by atoms with E-state index in [2.05, 4.69) is 38.1 Å². The zero-order valence-corrected chi connectivity index (χ0v) is 17.1. The van der Waals surface area contributed by atoms with Crippen molar-refractivity contribution >= 4 is 33.0 Å². The first-order chi connectivity index (χ1) is 13.2. The highest BCUT2D eigenvalue weighted by atomic mass is 79.9. The van der Waals surface area contributed by atoms with Crippen LogP contribution in [0.15, 0.2) is 39.7 Å². The lowest BCUT2D eigenvalue weighted by Crippen LogP contribution is -2.27. The van der Waals surface area contributed by atoms with Gasteiger partial charge in [-0.25, -0.2) is 9.78 Å². The van der Waals surface area contributed by atoms with Crippen LogP contribution in [0.4, 0.5) is 5.95 Å². The molecule has 0 spiro atoms. The predicted molar refractivity (Wildman–Crippen MR) is 111 cm³/mol. The Kier molecular flexibility index (Phi) is 5.29. The van der Waals surface area contributed by atoms with Crippen LogP contribution in [0, 0.1) is 0 Å². The number of hydrogen-bond acceptors (Lipinski definition) is 4. The van der Waals surface area contributed by atoms with E-state index in [1.807, 2.05) is 28.8 Å². The van der Waals surface area contributed by atoms with Crippen molar-refractivity contribution in [2.24, 2.45) is 0 Å². The predicted octanol–water partition coefficient (Wildman–Crippen LogP) is 4.34. The fraction of sp³-hybridized carbons (Fsp3) is 0.450. The first kappa shape index (κ1) is 18.2. The minimum absolute atomic E-state index is 0.0155. The number of nitrogens with one attached hydrogen (secondary N) is 1. The number of imidazole rings is 1. The molecule has 0 aliphatic heterocycles. The van der Waals surface area contributed by atoms with Gasteiger partial charge in [0.2, 0.25) is 5.95 Å². The van der Waals surface area contributed by atoms with E-state index >= 15 is 0 Å². The van der Waals surface area contributed by atoms with Crippen molar-refractivity contribution in [1.82, 2.24) is 19.1 Å². The maximum atomic E-state index is 13.3. The lowest BCUT2D eigenvalue weighted by Gasteiger charge is -2.10. The third-order valence-electron chi connectivity index (χ3n) is 5.18. The quantitative estimate of drug-likeness (QED) is 0.632. The van der Waals surface area contributed by atoms with E-state index in [9.17, 15) is 4.79 Å². The number of benzene rings is 1. The summed E-state index contributed by atoms with van der Waals surface area (Å²) < 4.78 is 4.74. The maximum absolute atomic E-state index is 13.3. The number of fused-ring (bicyclic) bond motifs is 1. The summed E-state index contributed by atoms with van der Waals surface area (Å²) in [4.78, 5) is 22.4. The Hall–Kier alpha value is -2.15. The number of halogens is 1. The second-order valence-electron chi connectivity index (χ2n) is 7.13. The van der Waals surface area contributed by atoms with Crippen LogP contribution < -0.4 is 11.0 Å². The van der Waals surface area contributed by atoms with Gasteiger partial charge in [-0.2, -0.15) is 4.98 Å². The SMILES string of the molecule is CCCNc1ncc2c(n1)n(Cc1ccc(Br)cc1)c(=O)n2C1CCCC1. The van der Waals surface area contributed by atoms with Gasteiger partial charge in [0, 0.05) is 17.1 Å². The molecule has 0 bridgehead atoms. The van der Waals surface area contributed by atoms with Gasteiger partial charge in [-0.3, -0.25) is 9.13 Å². The number of anilines is 1. The summed E-state index contributed by atoms with van der Waals surface area (Å²) in [7, 11) is 0. The van der Waals surface area contributed by atoms with Crippen molar-refractivity contribution in [2.45, 2.75) is 51.6 Å². The van der Waals surface area contributed by atoms with E-state index in [0.717, 1.165) is 41.4 Å². The molecule has 0 amide bonds. The summed E-state index contributed by atoms with van der Waals surface area (Å²) in [6.07, 6.45) is 7.25. The van der Waals surface area contributed by atoms with Gasteiger partial charge in [0.15, 0.2) is 5.65 Å². The molecule has 1 aromatic carbocycles. The van der Waals surface area contributed by atoms with Crippen molar-refractivity contribution in [2.75, 3.05) is 11.9 Å². The van der Waals surface area contributed by atoms with Gasteiger partial charge in [-0.15, -0.1) is 0 Å². The first-order valence-corrected chi connectivity index (χ1v) is 10.4. The van der Waals surface area contributed by atoms with Crippen LogP contribution in [0.1, 0.15) is 50.6 Å². The molecule has 3 aromatic rings. The molecule has 6 nitrogen and oxygen atoms in total. The molecule has 4 rings (SSSR count). The molecule has 2 aromatic heterocycles. The monoisotopic (exact) mass is 429 g/mol. The highest BCUT2D eigenvalue weighted by Gasteiger charge is 2.24. The number of aromatic nitrogens is 4. The summed E-state index contributed by atoms with van der Waals surface area (Å²) in [6.45, 7) is 3.42. The molecular formula is C20H24BrN5O. The van der Waals surface area contributed by atoms with E-state index in [-0.39, 0.29) is 11.7 Å². The van der Waals surface area contributed by atoms with Gasteiger partial charge in [-0.1, -0.05) is 47.8 Å². The molecule has 1 fully saturated rings. The largest absolute Gasteiger partial charge is 0.354 e. The maximum Gasteiger partial charge on any atom is 0.330 e. The summed E-state index contributed by atoms with van der Waals surface area (Å²) >= 11 is 3.47. The number of nitrogens with zero attached hydrogens (tertiary/aromatic N) is 4. The lowest BCUT2D eigenvalue weighted by molar-refractivity contribution is 0.505. The normalized spacial score (nSPS) is 14.9. The minimum atomic E-state index is 0.0155. The van der Waals surface area contributed by atoms with E-state index in [0.29, 0.717) is 18.1 Å². The van der Waals surface area contributed by atoms with Crippen LogP contribution in [-0.4, -0.2) is 25.6 Å². The average Bonchev–Trinajstić information content (AvgIpc) is 3.29. The Bertz CT molecular complexity index is 986. The van der Waals surface area contributed by atoms with Gasteiger partial charge in [0.25, 0.3) is 0 Å². The van der Waals surface area contributed by atoms with Gasteiger partial charge in [-0.05, 0) is 37.0 Å². The molecule has 1 N–H and O–H groups in total.